The van der Waals surface area contributed by atoms with E-state index in [1.165, 1.54) is 18.2 Å². The van der Waals surface area contributed by atoms with Crippen molar-refractivity contribution in [2.75, 3.05) is 6.79 Å². The van der Waals surface area contributed by atoms with Crippen molar-refractivity contribution in [2.45, 2.75) is 6.61 Å². The van der Waals surface area contributed by atoms with Crippen LogP contribution in [-0.4, -0.2) is 17.7 Å². The quantitative estimate of drug-likeness (QED) is 0.363. The molecule has 0 radical (unpaired) electrons. The van der Waals surface area contributed by atoms with Crippen molar-refractivity contribution in [2.24, 2.45) is 0 Å². The molecule has 0 unspecified atom stereocenters. The number of ether oxygens (including phenoxy) is 3. The third-order valence-corrected chi connectivity index (χ3v) is 3.34. The second kappa shape index (κ2) is 6.82. The zero-order valence-electron chi connectivity index (χ0n) is 12.5. The topological polar surface area (TPSA) is 87.9 Å². The van der Waals surface area contributed by atoms with E-state index in [9.17, 15) is 14.9 Å². The van der Waals surface area contributed by atoms with Crippen LogP contribution >= 0.6 is 0 Å². The summed E-state index contributed by atoms with van der Waals surface area (Å²) in [7, 11) is 0. The Morgan fingerprint density at radius 3 is 2.67 bits per heavy atom. The highest BCUT2D eigenvalue weighted by molar-refractivity contribution is 5.87. The number of nitrogens with zero attached hydrogens (tertiary/aromatic N) is 1. The molecule has 0 spiro atoms. The zero-order valence-corrected chi connectivity index (χ0v) is 12.5. The maximum Gasteiger partial charge on any atom is 0.331 e. The summed E-state index contributed by atoms with van der Waals surface area (Å²) in [5, 5.41) is 10.6. The molecular formula is C17H13NO6. The number of fused-ring (bicyclic) bond motifs is 1. The molecule has 2 aromatic carbocycles. The average molecular weight is 327 g/mol. The molecule has 122 valence electrons. The number of nitro benzene ring substituents is 1. The number of esters is 1. The minimum Gasteiger partial charge on any atom is -0.458 e. The summed E-state index contributed by atoms with van der Waals surface area (Å²) in [5.74, 6) is 0.801. The Kier molecular flexibility index (Phi) is 4.42. The standard InChI is InChI=1S/C17H13NO6/c19-17(22-10-13-1-5-14(6-2-13)18(20)21)8-4-12-3-7-15-16(9-12)24-11-23-15/h1-9H,10-11H2. The van der Waals surface area contributed by atoms with Gasteiger partial charge in [-0.3, -0.25) is 10.1 Å². The summed E-state index contributed by atoms with van der Waals surface area (Å²) in [6.45, 7) is 0.238. The summed E-state index contributed by atoms with van der Waals surface area (Å²) in [6.07, 6.45) is 2.92. The lowest BCUT2D eigenvalue weighted by molar-refractivity contribution is -0.384. The Hall–Kier alpha value is -3.35. The SMILES string of the molecule is O=C(C=Cc1ccc2c(c1)OCO2)OCc1ccc([N+](=O)[O-])cc1. The summed E-state index contributed by atoms with van der Waals surface area (Å²) in [5.41, 5.74) is 1.45. The number of benzene rings is 2. The number of nitro groups is 1. The van der Waals surface area contributed by atoms with Gasteiger partial charge in [-0.15, -0.1) is 0 Å². The highest BCUT2D eigenvalue weighted by Crippen LogP contribution is 2.32. The van der Waals surface area contributed by atoms with E-state index in [1.54, 1.807) is 36.4 Å². The van der Waals surface area contributed by atoms with Crippen LogP contribution in [0.2, 0.25) is 0 Å². The minimum atomic E-state index is -0.508. The summed E-state index contributed by atoms with van der Waals surface area (Å²) in [4.78, 5) is 21.8. The van der Waals surface area contributed by atoms with E-state index in [0.29, 0.717) is 17.1 Å². The molecule has 7 heteroatoms. The highest BCUT2D eigenvalue weighted by Gasteiger charge is 2.12. The van der Waals surface area contributed by atoms with Gasteiger partial charge < -0.3 is 14.2 Å². The third-order valence-electron chi connectivity index (χ3n) is 3.34. The molecule has 0 fully saturated rings. The van der Waals surface area contributed by atoms with Crippen molar-refractivity contribution in [1.82, 2.24) is 0 Å². The Labute approximate surface area is 137 Å². The third kappa shape index (κ3) is 3.70. The van der Waals surface area contributed by atoms with Gasteiger partial charge in [0.1, 0.15) is 6.61 Å². The Morgan fingerprint density at radius 1 is 1.17 bits per heavy atom. The van der Waals surface area contributed by atoms with Gasteiger partial charge in [-0.25, -0.2) is 4.79 Å². The molecule has 0 saturated heterocycles. The van der Waals surface area contributed by atoms with Crippen LogP contribution in [0.5, 0.6) is 11.5 Å². The van der Waals surface area contributed by atoms with Crippen molar-refractivity contribution < 1.29 is 23.9 Å². The second-order valence-corrected chi connectivity index (χ2v) is 4.98. The zero-order chi connectivity index (χ0) is 16.9. The van der Waals surface area contributed by atoms with Crippen LogP contribution in [0.4, 0.5) is 5.69 Å². The Balaban J connectivity index is 1.54. The largest absolute Gasteiger partial charge is 0.458 e. The number of hydrogen-bond donors (Lipinski definition) is 0. The minimum absolute atomic E-state index is 0.00668. The van der Waals surface area contributed by atoms with Crippen molar-refractivity contribution >= 4 is 17.7 Å². The fourth-order valence-corrected chi connectivity index (χ4v) is 2.10. The first-order valence-electron chi connectivity index (χ1n) is 7.09. The molecule has 0 aliphatic carbocycles. The van der Waals surface area contributed by atoms with E-state index in [4.69, 9.17) is 14.2 Å². The first-order valence-corrected chi connectivity index (χ1v) is 7.09. The highest BCUT2D eigenvalue weighted by atomic mass is 16.7. The van der Waals surface area contributed by atoms with Crippen LogP contribution in [0.25, 0.3) is 6.08 Å². The molecule has 2 aromatic rings. The maximum atomic E-state index is 11.7. The van der Waals surface area contributed by atoms with Crippen LogP contribution in [0.3, 0.4) is 0 Å². The summed E-state index contributed by atoms with van der Waals surface area (Å²) >= 11 is 0. The molecule has 0 bridgehead atoms. The first kappa shape index (κ1) is 15.5. The number of carbonyl (C=O) groups is 1. The van der Waals surface area contributed by atoms with Gasteiger partial charge in [0.25, 0.3) is 5.69 Å². The summed E-state index contributed by atoms with van der Waals surface area (Å²) in [6, 6.07) is 11.2. The molecule has 1 aliphatic rings. The normalized spacial score (nSPS) is 12.3. The van der Waals surface area contributed by atoms with Crippen molar-refractivity contribution in [3.05, 3.63) is 69.8 Å². The smallest absolute Gasteiger partial charge is 0.331 e. The van der Waals surface area contributed by atoms with E-state index in [0.717, 1.165) is 5.56 Å². The number of hydrogen-bond acceptors (Lipinski definition) is 6. The van der Waals surface area contributed by atoms with E-state index < -0.39 is 10.9 Å². The number of non-ortho nitro benzene ring substituents is 1. The van der Waals surface area contributed by atoms with Gasteiger partial charge in [-0.2, -0.15) is 0 Å². The lowest BCUT2D eigenvalue weighted by atomic mass is 10.2. The Bertz CT molecular complexity index is 797. The second-order valence-electron chi connectivity index (χ2n) is 4.98. The van der Waals surface area contributed by atoms with Gasteiger partial charge in [0.05, 0.1) is 4.92 Å². The molecule has 0 saturated carbocycles. The molecule has 0 atom stereocenters. The molecule has 24 heavy (non-hydrogen) atoms. The van der Waals surface area contributed by atoms with E-state index in [2.05, 4.69) is 0 Å². The molecule has 0 N–H and O–H groups in total. The molecule has 0 amide bonds. The van der Waals surface area contributed by atoms with Crippen molar-refractivity contribution in [1.29, 1.82) is 0 Å². The first-order chi connectivity index (χ1) is 11.6. The fourth-order valence-electron chi connectivity index (χ4n) is 2.10. The van der Waals surface area contributed by atoms with Crippen molar-refractivity contribution in [3.8, 4) is 11.5 Å². The van der Waals surface area contributed by atoms with E-state index in [1.807, 2.05) is 0 Å². The van der Waals surface area contributed by atoms with E-state index >= 15 is 0 Å². The maximum absolute atomic E-state index is 11.7. The van der Waals surface area contributed by atoms with Crippen LogP contribution in [0, 0.1) is 10.1 Å². The average Bonchev–Trinajstić information content (AvgIpc) is 3.06. The van der Waals surface area contributed by atoms with Gasteiger partial charge >= 0.3 is 5.97 Å². The Morgan fingerprint density at radius 2 is 1.92 bits per heavy atom. The van der Waals surface area contributed by atoms with Crippen LogP contribution in [0.1, 0.15) is 11.1 Å². The fraction of sp³-hybridized carbons (Fsp3) is 0.118. The van der Waals surface area contributed by atoms with Gasteiger partial charge in [-0.05, 0) is 41.5 Å². The van der Waals surface area contributed by atoms with Gasteiger partial charge in [0, 0.05) is 18.2 Å². The monoisotopic (exact) mass is 327 g/mol. The van der Waals surface area contributed by atoms with Crippen LogP contribution < -0.4 is 9.47 Å². The van der Waals surface area contributed by atoms with E-state index in [-0.39, 0.29) is 19.1 Å². The predicted octanol–water partition coefficient (Wildman–Crippen LogP) is 3.08. The lowest BCUT2D eigenvalue weighted by Gasteiger charge is -2.02. The van der Waals surface area contributed by atoms with Gasteiger partial charge in [0.2, 0.25) is 6.79 Å². The molecule has 1 aliphatic heterocycles. The van der Waals surface area contributed by atoms with Crippen molar-refractivity contribution in [3.63, 3.8) is 0 Å². The van der Waals surface area contributed by atoms with Crippen LogP contribution in [-0.2, 0) is 16.1 Å². The number of carbonyl (C=O) groups excluding carboxylic acids is 1. The van der Waals surface area contributed by atoms with Gasteiger partial charge in [-0.1, -0.05) is 6.07 Å². The predicted molar refractivity (Wildman–Crippen MR) is 84.5 cm³/mol. The molecular weight excluding hydrogens is 314 g/mol. The summed E-state index contributed by atoms with van der Waals surface area (Å²) < 4.78 is 15.6. The van der Waals surface area contributed by atoms with Gasteiger partial charge in [0.15, 0.2) is 11.5 Å². The van der Waals surface area contributed by atoms with Crippen LogP contribution in [0.15, 0.2) is 48.5 Å². The molecule has 3 rings (SSSR count). The lowest BCUT2D eigenvalue weighted by Crippen LogP contribution is -2.00. The molecule has 7 nitrogen and oxygen atoms in total. The molecule has 0 aromatic heterocycles. The molecule has 1 heterocycles. The number of rotatable bonds is 5.